The number of hydrogen-bond acceptors (Lipinski definition) is 1. The number of methoxy groups -OCH3 is 1. The zero-order valence-electron chi connectivity index (χ0n) is 12.2. The summed E-state index contributed by atoms with van der Waals surface area (Å²) in [4.78, 5) is 0. The summed E-state index contributed by atoms with van der Waals surface area (Å²) in [7, 11) is 0.908. The van der Waals surface area contributed by atoms with Crippen molar-refractivity contribution >= 4 is 8.07 Å². The van der Waals surface area contributed by atoms with Crippen molar-refractivity contribution in [2.45, 2.75) is 69.3 Å². The summed E-state index contributed by atoms with van der Waals surface area (Å²) in [5, 5.41) is 0.752. The monoisotopic (exact) mass is 252 g/mol. The van der Waals surface area contributed by atoms with E-state index in [-0.39, 0.29) is 5.60 Å². The lowest BCUT2D eigenvalue weighted by Crippen LogP contribution is -2.62. The highest BCUT2D eigenvalue weighted by atomic mass is 28.3. The molecule has 4 saturated carbocycles. The maximum Gasteiger partial charge on any atom is 0.0707 e. The van der Waals surface area contributed by atoms with Crippen molar-refractivity contribution in [2.75, 3.05) is 7.11 Å². The highest BCUT2D eigenvalue weighted by Gasteiger charge is 2.63. The quantitative estimate of drug-likeness (QED) is 0.665. The van der Waals surface area contributed by atoms with E-state index in [4.69, 9.17) is 4.74 Å². The van der Waals surface area contributed by atoms with Crippen LogP contribution in [0.3, 0.4) is 0 Å². The SMILES string of the molecule is COC1(C)C2CC3CC1CC([Si](C)(C)C)(C3)C2. The van der Waals surface area contributed by atoms with Gasteiger partial charge in [-0.1, -0.05) is 19.6 Å². The molecule has 4 aliphatic carbocycles. The van der Waals surface area contributed by atoms with E-state index in [2.05, 4.69) is 26.6 Å². The fourth-order valence-corrected chi connectivity index (χ4v) is 8.06. The van der Waals surface area contributed by atoms with Crippen LogP contribution in [-0.2, 0) is 4.74 Å². The van der Waals surface area contributed by atoms with Crippen LogP contribution in [0.25, 0.3) is 0 Å². The van der Waals surface area contributed by atoms with Crippen LogP contribution in [0, 0.1) is 17.8 Å². The third-order valence-corrected chi connectivity index (χ3v) is 10.6. The molecule has 0 aromatic rings. The Morgan fingerprint density at radius 1 is 1.00 bits per heavy atom. The van der Waals surface area contributed by atoms with Crippen LogP contribution in [0.15, 0.2) is 0 Å². The third-order valence-electron chi connectivity index (χ3n) is 6.84. The van der Waals surface area contributed by atoms with Crippen molar-refractivity contribution in [2.24, 2.45) is 17.8 Å². The fraction of sp³-hybridized carbons (Fsp3) is 1.00. The van der Waals surface area contributed by atoms with E-state index < -0.39 is 8.07 Å². The average Bonchev–Trinajstić information content (AvgIpc) is 2.23. The lowest BCUT2D eigenvalue weighted by atomic mass is 9.49. The predicted molar refractivity (Wildman–Crippen MR) is 75.0 cm³/mol. The summed E-state index contributed by atoms with van der Waals surface area (Å²) < 4.78 is 5.99. The van der Waals surface area contributed by atoms with Gasteiger partial charge in [0.05, 0.1) is 13.7 Å². The first-order chi connectivity index (χ1) is 7.81. The van der Waals surface area contributed by atoms with Crippen LogP contribution in [0.5, 0.6) is 0 Å². The lowest BCUT2D eigenvalue weighted by Gasteiger charge is -2.67. The summed E-state index contributed by atoms with van der Waals surface area (Å²) in [6.07, 6.45) is 7.40. The summed E-state index contributed by atoms with van der Waals surface area (Å²) in [5.41, 5.74) is 0.208. The molecule has 4 rings (SSSR count). The van der Waals surface area contributed by atoms with Crippen molar-refractivity contribution in [3.8, 4) is 0 Å². The molecule has 2 heteroatoms. The maximum atomic E-state index is 5.99. The number of rotatable bonds is 2. The molecule has 0 amide bonds. The lowest BCUT2D eigenvalue weighted by molar-refractivity contribution is -0.176. The zero-order chi connectivity index (χ0) is 12.5. The molecule has 4 fully saturated rings. The molecule has 0 aromatic carbocycles. The van der Waals surface area contributed by atoms with Crippen LogP contribution in [0.1, 0.15) is 39.0 Å². The molecular weight excluding hydrogens is 224 g/mol. The van der Waals surface area contributed by atoms with Gasteiger partial charge in [-0.15, -0.1) is 0 Å². The Morgan fingerprint density at radius 2 is 1.53 bits per heavy atom. The predicted octanol–water partition coefficient (Wildman–Crippen LogP) is 4.31. The van der Waals surface area contributed by atoms with Crippen molar-refractivity contribution in [3.63, 3.8) is 0 Å². The molecular formula is C15H28OSi. The minimum atomic E-state index is -1.04. The van der Waals surface area contributed by atoms with Crippen LogP contribution >= 0.6 is 0 Å². The minimum Gasteiger partial charge on any atom is -0.378 e. The van der Waals surface area contributed by atoms with E-state index in [9.17, 15) is 0 Å². The van der Waals surface area contributed by atoms with Crippen LogP contribution in [-0.4, -0.2) is 20.8 Å². The van der Waals surface area contributed by atoms with Crippen molar-refractivity contribution in [1.29, 1.82) is 0 Å². The van der Waals surface area contributed by atoms with Gasteiger partial charge in [-0.2, -0.15) is 0 Å². The molecule has 0 aliphatic heterocycles. The van der Waals surface area contributed by atoms with E-state index in [1.54, 1.807) is 6.42 Å². The van der Waals surface area contributed by atoms with E-state index in [0.29, 0.717) is 0 Å². The molecule has 4 bridgehead atoms. The average molecular weight is 252 g/mol. The first-order valence-electron chi connectivity index (χ1n) is 7.36. The van der Waals surface area contributed by atoms with Gasteiger partial charge in [0.1, 0.15) is 0 Å². The molecule has 0 radical (unpaired) electrons. The molecule has 0 spiro atoms. The second-order valence-corrected chi connectivity index (χ2v) is 13.8. The molecule has 2 unspecified atom stereocenters. The largest absolute Gasteiger partial charge is 0.378 e. The standard InChI is InChI=1S/C15H28OSi/c1-14(16-2)12-6-11-7-13(14)10-15(8-11,9-12)17(3,4)5/h11-13H,6-10H2,1-5H3. The topological polar surface area (TPSA) is 9.23 Å². The smallest absolute Gasteiger partial charge is 0.0707 e. The Labute approximate surface area is 107 Å². The van der Waals surface area contributed by atoms with Crippen molar-refractivity contribution in [1.82, 2.24) is 0 Å². The Hall–Kier alpha value is 0.177. The summed E-state index contributed by atoms with van der Waals surface area (Å²) in [6.45, 7) is 10.2. The molecule has 0 saturated heterocycles. The van der Waals surface area contributed by atoms with Crippen LogP contribution in [0.4, 0.5) is 0 Å². The highest BCUT2D eigenvalue weighted by molar-refractivity contribution is 6.79. The Morgan fingerprint density at radius 3 is 1.94 bits per heavy atom. The van der Waals surface area contributed by atoms with Crippen molar-refractivity contribution in [3.05, 3.63) is 0 Å². The van der Waals surface area contributed by atoms with Gasteiger partial charge in [-0.3, -0.25) is 0 Å². The summed E-state index contributed by atoms with van der Waals surface area (Å²) in [6, 6.07) is 0. The van der Waals surface area contributed by atoms with Crippen LogP contribution < -0.4 is 0 Å². The van der Waals surface area contributed by atoms with Gasteiger partial charge >= 0.3 is 0 Å². The fourth-order valence-electron chi connectivity index (χ4n) is 5.44. The van der Waals surface area contributed by atoms with Gasteiger partial charge in [-0.05, 0) is 61.8 Å². The van der Waals surface area contributed by atoms with E-state index in [1.165, 1.54) is 25.7 Å². The molecule has 0 aromatic heterocycles. The van der Waals surface area contributed by atoms with Gasteiger partial charge < -0.3 is 4.74 Å². The normalized spacial score (nSPS) is 53.1. The molecule has 1 nitrogen and oxygen atoms in total. The summed E-state index contributed by atoms with van der Waals surface area (Å²) >= 11 is 0. The van der Waals surface area contributed by atoms with Gasteiger partial charge in [0.15, 0.2) is 0 Å². The van der Waals surface area contributed by atoms with E-state index in [1.807, 2.05) is 7.11 Å². The second-order valence-electron chi connectivity index (χ2n) is 8.26. The molecule has 17 heavy (non-hydrogen) atoms. The Bertz CT molecular complexity index is 314. The van der Waals surface area contributed by atoms with Gasteiger partial charge in [-0.25, -0.2) is 0 Å². The van der Waals surface area contributed by atoms with Gasteiger partial charge in [0.25, 0.3) is 0 Å². The molecule has 4 aliphatic rings. The Balaban J connectivity index is 1.98. The number of ether oxygens (including phenoxy) is 1. The molecule has 0 heterocycles. The van der Waals surface area contributed by atoms with Gasteiger partial charge in [0, 0.05) is 7.11 Å². The van der Waals surface area contributed by atoms with Gasteiger partial charge in [0.2, 0.25) is 0 Å². The highest BCUT2D eigenvalue weighted by Crippen LogP contribution is 2.70. The summed E-state index contributed by atoms with van der Waals surface area (Å²) in [5.74, 6) is 2.73. The zero-order valence-corrected chi connectivity index (χ0v) is 13.2. The molecule has 2 atom stereocenters. The first-order valence-corrected chi connectivity index (χ1v) is 10.9. The van der Waals surface area contributed by atoms with Crippen LogP contribution in [0.2, 0.25) is 24.7 Å². The molecule has 0 N–H and O–H groups in total. The Kier molecular flexibility index (Phi) is 2.43. The third kappa shape index (κ3) is 1.46. The second kappa shape index (κ2) is 3.39. The number of hydrogen-bond donors (Lipinski definition) is 0. The maximum absolute atomic E-state index is 5.99. The first kappa shape index (κ1) is 12.2. The minimum absolute atomic E-state index is 0.208. The van der Waals surface area contributed by atoms with E-state index in [0.717, 1.165) is 22.8 Å². The van der Waals surface area contributed by atoms with Crippen molar-refractivity contribution < 1.29 is 4.74 Å². The molecule has 98 valence electrons. The van der Waals surface area contributed by atoms with E-state index >= 15 is 0 Å².